The number of alkyl halides is 1. The normalized spacial score (nSPS) is 2.43. The molecule has 0 aliphatic carbocycles. The van der Waals surface area contributed by atoms with Gasteiger partial charge in [0.25, 0.3) is 5.09 Å². The molecule has 0 unspecified atom stereocenters. The summed E-state index contributed by atoms with van der Waals surface area (Å²) in [4.78, 5) is 16.4. The predicted octanol–water partition coefficient (Wildman–Crippen LogP) is 1.75. The summed E-state index contributed by atoms with van der Waals surface area (Å²) in [5, 5.41) is 13.6. The SMILES string of the molecule is C.C.C=O.CBr.O=[N+]([O-])O.[Ag].[Ar].[Ar].[Ar]. The molecule has 0 rings (SSSR count). The van der Waals surface area contributed by atoms with Crippen LogP contribution in [0.15, 0.2) is 0 Å². The molecule has 0 heterocycles. The van der Waals surface area contributed by atoms with Gasteiger partial charge in [-0.15, -0.1) is 10.1 Å². The van der Waals surface area contributed by atoms with Crippen LogP contribution in [0, 0.1) is 123 Å². The molecule has 0 atom stereocenters. The average Bonchev–Trinajstić information content (AvgIpc) is 1.75. The standard InChI is InChI=1S/CH3Br.CH2O.2CH4.Ag.3Ar.HNO3/c2*1-2;;;;;;;2-1(3)4/h1H3;1H2;2*1H4;;;;;(H,2,3,4). The number of hydrogen-bond acceptors (Lipinski definition) is 3. The van der Waals surface area contributed by atoms with Gasteiger partial charge in [-0.2, -0.15) is 0 Å². The van der Waals surface area contributed by atoms with Crippen LogP contribution in [0.4, 0.5) is 0 Å². The second-order valence-corrected chi connectivity index (χ2v) is 0.238. The van der Waals surface area contributed by atoms with E-state index in [0.29, 0.717) is 0 Å². The summed E-state index contributed by atoms with van der Waals surface area (Å²) in [5.41, 5.74) is 0. The van der Waals surface area contributed by atoms with Crippen molar-refractivity contribution in [2.75, 3.05) is 5.83 Å². The molecule has 10 heteroatoms. The number of carbonyl (C=O) groups is 1. The van der Waals surface area contributed by atoms with E-state index in [0.717, 1.165) is 0 Å². The van der Waals surface area contributed by atoms with E-state index in [1.807, 2.05) is 12.6 Å². The van der Waals surface area contributed by atoms with Crippen LogP contribution >= 0.6 is 15.9 Å². The van der Waals surface area contributed by atoms with Gasteiger partial charge in [-0.25, -0.2) is 0 Å². The molecule has 101 valence electrons. The van der Waals surface area contributed by atoms with Crippen LogP contribution in [0.1, 0.15) is 14.9 Å². The Balaban J connectivity index is -0.00000000333. The third-order valence-electron chi connectivity index (χ3n) is 0. The second kappa shape index (κ2) is 90.0. The molecule has 0 aromatic rings. The van der Waals surface area contributed by atoms with Crippen LogP contribution in [-0.4, -0.2) is 22.9 Å². The van der Waals surface area contributed by atoms with Crippen LogP contribution in [0.5, 0.6) is 0 Å². The van der Waals surface area contributed by atoms with Crippen molar-refractivity contribution in [3.8, 4) is 0 Å². The van der Waals surface area contributed by atoms with Crippen molar-refractivity contribution in [1.29, 1.82) is 0 Å². The van der Waals surface area contributed by atoms with Gasteiger partial charge < -0.3 is 10.0 Å². The van der Waals surface area contributed by atoms with Gasteiger partial charge in [0.2, 0.25) is 0 Å². The van der Waals surface area contributed by atoms with Crippen LogP contribution in [-0.2, 0) is 27.2 Å². The number of rotatable bonds is 0. The summed E-state index contributed by atoms with van der Waals surface area (Å²) in [6.45, 7) is 2.00. The fraction of sp³-hybridized carbons (Fsp3) is 0.750. The largest absolute Gasteiger partial charge is 0.328 e. The van der Waals surface area contributed by atoms with Crippen LogP contribution in [0.25, 0.3) is 0 Å². The van der Waals surface area contributed by atoms with E-state index in [2.05, 4.69) is 15.9 Å². The summed E-state index contributed by atoms with van der Waals surface area (Å²) < 4.78 is 0. The van der Waals surface area contributed by atoms with Gasteiger partial charge in [-0.1, -0.05) is 30.8 Å². The Kier molecular flexibility index (Phi) is 416. The molecule has 1 radical (unpaired) electrons. The van der Waals surface area contributed by atoms with Gasteiger partial charge >= 0.3 is 0 Å². The quantitative estimate of drug-likeness (QED) is 0.265. The molecule has 0 aromatic heterocycles. The van der Waals surface area contributed by atoms with Crippen molar-refractivity contribution in [1.82, 2.24) is 0 Å². The first-order valence-electron chi connectivity index (χ1n) is 1.23. The maximum absolute atomic E-state index is 8.36. The molecule has 0 fully saturated rings. The molecule has 5 nitrogen and oxygen atoms in total. The average molecular weight is 448 g/mol. The molecule has 0 aliphatic heterocycles. The Morgan fingerprint density at radius 3 is 1.14 bits per heavy atom. The Morgan fingerprint density at radius 2 is 1.14 bits per heavy atom. The summed E-state index contributed by atoms with van der Waals surface area (Å²) >= 11 is 2.94. The first kappa shape index (κ1) is 64.6. The fourth-order valence-corrected chi connectivity index (χ4v) is 0. The maximum atomic E-state index is 8.36. The van der Waals surface area contributed by atoms with E-state index >= 15 is 0 Å². The maximum Gasteiger partial charge on any atom is 0.291 e. The van der Waals surface area contributed by atoms with E-state index in [1.165, 1.54) is 0 Å². The van der Waals surface area contributed by atoms with Crippen molar-refractivity contribution in [3.05, 3.63) is 10.1 Å². The van der Waals surface area contributed by atoms with Crippen molar-refractivity contribution in [2.45, 2.75) is 14.9 Å². The van der Waals surface area contributed by atoms with Crippen molar-refractivity contribution < 1.29 is 151 Å². The van der Waals surface area contributed by atoms with Crippen molar-refractivity contribution in [2.24, 2.45) is 0 Å². The molecular formula is C4H14AgAr3BrNO4. The van der Waals surface area contributed by atoms with E-state index in [4.69, 9.17) is 20.1 Å². The zero-order valence-corrected chi connectivity index (χ0v) is 10.8. The summed E-state index contributed by atoms with van der Waals surface area (Å²) in [6.07, 6.45) is 0. The van der Waals surface area contributed by atoms with Gasteiger partial charge in [0, 0.05) is 136 Å². The molecule has 0 saturated heterocycles. The molecule has 14 heavy (non-hydrogen) atoms. The zero-order valence-electron chi connectivity index (χ0n) is 5.57. The predicted molar refractivity (Wildman–Crippen MR) is 44.2 cm³/mol. The van der Waals surface area contributed by atoms with E-state index in [1.54, 1.807) is 0 Å². The Hall–Kier alpha value is 3.87. The summed E-state index contributed by atoms with van der Waals surface area (Å²) in [5.74, 6) is 1.81. The number of nitrogens with zero attached hydrogens (tertiary/aromatic N) is 1. The molecule has 0 aliphatic rings. The van der Waals surface area contributed by atoms with Gasteiger partial charge in [0.05, 0.1) is 0 Å². The van der Waals surface area contributed by atoms with Gasteiger partial charge in [-0.05, 0) is 5.83 Å². The molecule has 0 amide bonds. The second-order valence-electron chi connectivity index (χ2n) is 0.238. The van der Waals surface area contributed by atoms with Crippen LogP contribution in [0.3, 0.4) is 0 Å². The Bertz CT molecular complexity index is 63.9. The number of hydrogen-bond donors (Lipinski definition) is 1. The summed E-state index contributed by atoms with van der Waals surface area (Å²) in [7, 11) is 0. The topological polar surface area (TPSA) is 80.4 Å². The minimum atomic E-state index is -1.50. The first-order chi connectivity index (χ1) is 3.73. The third kappa shape index (κ3) is 234. The first-order valence-corrected chi connectivity index (χ1v) is 2.82. The smallest absolute Gasteiger partial charge is 0.291 e. The van der Waals surface area contributed by atoms with Gasteiger partial charge in [0.1, 0.15) is 6.79 Å². The molecule has 0 bridgehead atoms. The number of carbonyl (C=O) groups excluding carboxylic acids is 1. The van der Waals surface area contributed by atoms with Crippen LogP contribution in [0.2, 0.25) is 0 Å². The molecule has 0 aromatic carbocycles. The van der Waals surface area contributed by atoms with E-state index in [9.17, 15) is 0 Å². The summed E-state index contributed by atoms with van der Waals surface area (Å²) in [6, 6.07) is 0. The Morgan fingerprint density at radius 1 is 1.14 bits per heavy atom. The van der Waals surface area contributed by atoms with Crippen molar-refractivity contribution in [3.63, 3.8) is 0 Å². The van der Waals surface area contributed by atoms with Crippen LogP contribution < -0.4 is 0 Å². The van der Waals surface area contributed by atoms with Crippen molar-refractivity contribution >= 4 is 22.7 Å². The molecular weight excluding hydrogens is 434 g/mol. The van der Waals surface area contributed by atoms with Gasteiger partial charge in [0.15, 0.2) is 0 Å². The zero-order chi connectivity index (χ0) is 7.58. The van der Waals surface area contributed by atoms with E-state index < -0.39 is 5.09 Å². The molecule has 1 N–H and O–H groups in total. The third-order valence-corrected chi connectivity index (χ3v) is 0. The molecule has 0 spiro atoms. The van der Waals surface area contributed by atoms with E-state index in [-0.39, 0.29) is 150 Å². The Labute approximate surface area is 199 Å². The number of halogens is 1. The minimum Gasteiger partial charge on any atom is -0.328 e. The minimum absolute atomic E-state index is 0. The van der Waals surface area contributed by atoms with Gasteiger partial charge in [-0.3, -0.25) is 0 Å². The fourth-order valence-electron chi connectivity index (χ4n) is 0. The monoisotopic (exact) mass is 446 g/mol. The molecule has 0 saturated carbocycles.